The Morgan fingerprint density at radius 3 is 3.00 bits per heavy atom. The summed E-state index contributed by atoms with van der Waals surface area (Å²) < 4.78 is 5.69. The second-order valence-electron chi connectivity index (χ2n) is 5.85. The number of aliphatic hydroxyl groups is 1. The van der Waals surface area contributed by atoms with Crippen LogP contribution in [0.4, 0.5) is 0 Å². The maximum atomic E-state index is 12.3. The highest BCUT2D eigenvalue weighted by Gasteiger charge is 2.23. The third-order valence-electron chi connectivity index (χ3n) is 4.32. The molecule has 1 atom stereocenters. The van der Waals surface area contributed by atoms with Crippen LogP contribution in [0.1, 0.15) is 30.4 Å². The average Bonchev–Trinajstić information content (AvgIpc) is 2.49. The number of likely N-dealkylation sites (tertiary alicyclic amines) is 1. The number of nitrogens with zero attached hydrogens (tertiary/aromatic N) is 1. The highest BCUT2D eigenvalue weighted by atomic mass is 16.5. The molecule has 1 saturated heterocycles. The fraction of sp³-hybridized carbons (Fsp3) is 0.588. The van der Waals surface area contributed by atoms with Gasteiger partial charge in [-0.3, -0.25) is 4.79 Å². The molecule has 1 fully saturated rings. The van der Waals surface area contributed by atoms with E-state index in [0.29, 0.717) is 5.92 Å². The van der Waals surface area contributed by atoms with Crippen molar-refractivity contribution in [1.82, 2.24) is 4.90 Å². The zero-order valence-corrected chi connectivity index (χ0v) is 13.0. The summed E-state index contributed by atoms with van der Waals surface area (Å²) in [6, 6.07) is 5.88. The molecule has 1 aliphatic heterocycles. The number of ether oxygens (including phenoxy) is 1. The van der Waals surface area contributed by atoms with Gasteiger partial charge in [-0.1, -0.05) is 12.1 Å². The van der Waals surface area contributed by atoms with Gasteiger partial charge < -0.3 is 14.7 Å². The van der Waals surface area contributed by atoms with E-state index in [1.807, 2.05) is 36.9 Å². The fourth-order valence-electron chi connectivity index (χ4n) is 2.82. The number of carbonyl (C=O) groups excluding carboxylic acids is 1. The number of hydrogen-bond acceptors (Lipinski definition) is 3. The van der Waals surface area contributed by atoms with E-state index in [-0.39, 0.29) is 19.1 Å². The van der Waals surface area contributed by atoms with Gasteiger partial charge >= 0.3 is 0 Å². The normalized spacial score (nSPS) is 18.6. The van der Waals surface area contributed by atoms with Gasteiger partial charge in [0.15, 0.2) is 6.61 Å². The molecule has 0 saturated carbocycles. The van der Waals surface area contributed by atoms with Gasteiger partial charge in [0.25, 0.3) is 5.91 Å². The first kappa shape index (κ1) is 15.8. The molecule has 116 valence electrons. The number of rotatable bonds is 5. The zero-order valence-electron chi connectivity index (χ0n) is 13.0. The van der Waals surface area contributed by atoms with E-state index in [4.69, 9.17) is 9.84 Å². The number of aryl methyl sites for hydroxylation is 1. The Labute approximate surface area is 126 Å². The van der Waals surface area contributed by atoms with E-state index in [1.165, 1.54) is 5.56 Å². The lowest BCUT2D eigenvalue weighted by atomic mass is 9.95. The van der Waals surface area contributed by atoms with Crippen molar-refractivity contribution < 1.29 is 14.6 Å². The Morgan fingerprint density at radius 1 is 1.43 bits per heavy atom. The van der Waals surface area contributed by atoms with E-state index >= 15 is 0 Å². The molecular weight excluding hydrogens is 266 g/mol. The maximum absolute atomic E-state index is 12.3. The Hall–Kier alpha value is -1.55. The summed E-state index contributed by atoms with van der Waals surface area (Å²) in [5, 5.41) is 9.02. The van der Waals surface area contributed by atoms with Crippen LogP contribution in [0.3, 0.4) is 0 Å². The molecule has 0 radical (unpaired) electrons. The number of amides is 1. The lowest BCUT2D eigenvalue weighted by molar-refractivity contribution is -0.135. The van der Waals surface area contributed by atoms with Crippen LogP contribution in [-0.4, -0.2) is 42.2 Å². The summed E-state index contributed by atoms with van der Waals surface area (Å²) in [7, 11) is 0. The number of carbonyl (C=O) groups is 1. The number of benzene rings is 1. The molecule has 1 heterocycles. The Kier molecular flexibility index (Phi) is 5.62. The first-order valence-corrected chi connectivity index (χ1v) is 7.69. The van der Waals surface area contributed by atoms with Crippen molar-refractivity contribution in [2.75, 3.05) is 26.3 Å². The molecule has 0 aliphatic carbocycles. The molecule has 2 rings (SSSR count). The van der Waals surface area contributed by atoms with Crippen LogP contribution in [0.15, 0.2) is 18.2 Å². The Balaban J connectivity index is 1.88. The van der Waals surface area contributed by atoms with Crippen molar-refractivity contribution in [3.63, 3.8) is 0 Å². The number of hydrogen-bond donors (Lipinski definition) is 1. The van der Waals surface area contributed by atoms with Gasteiger partial charge in [0, 0.05) is 19.7 Å². The van der Waals surface area contributed by atoms with Crippen molar-refractivity contribution in [1.29, 1.82) is 0 Å². The molecule has 0 aromatic heterocycles. The lowest BCUT2D eigenvalue weighted by Crippen LogP contribution is -2.42. The van der Waals surface area contributed by atoms with Crippen LogP contribution in [0.25, 0.3) is 0 Å². The van der Waals surface area contributed by atoms with Crippen LogP contribution in [-0.2, 0) is 4.79 Å². The summed E-state index contributed by atoms with van der Waals surface area (Å²) in [5.74, 6) is 1.25. The average molecular weight is 291 g/mol. The Morgan fingerprint density at radius 2 is 2.24 bits per heavy atom. The molecule has 21 heavy (non-hydrogen) atoms. The van der Waals surface area contributed by atoms with Gasteiger partial charge in [-0.05, 0) is 56.2 Å². The number of piperidine rings is 1. The predicted octanol–water partition coefficient (Wildman–Crippen LogP) is 2.30. The van der Waals surface area contributed by atoms with Crippen LogP contribution in [0.5, 0.6) is 5.75 Å². The molecule has 0 spiro atoms. The lowest BCUT2D eigenvalue weighted by Gasteiger charge is -2.32. The van der Waals surface area contributed by atoms with Crippen molar-refractivity contribution in [2.45, 2.75) is 33.1 Å². The molecule has 1 unspecified atom stereocenters. The molecular formula is C17H25NO3. The summed E-state index contributed by atoms with van der Waals surface area (Å²) in [6.07, 6.45) is 2.89. The first-order valence-electron chi connectivity index (χ1n) is 7.69. The maximum Gasteiger partial charge on any atom is 0.260 e. The molecule has 1 aromatic rings. The summed E-state index contributed by atoms with van der Waals surface area (Å²) in [6.45, 7) is 5.88. The monoisotopic (exact) mass is 291 g/mol. The molecule has 1 amide bonds. The summed E-state index contributed by atoms with van der Waals surface area (Å²) >= 11 is 0. The SMILES string of the molecule is Cc1cccc(OCC(=O)N2CCCC(CCO)C2)c1C. The van der Waals surface area contributed by atoms with Gasteiger partial charge in [-0.25, -0.2) is 0 Å². The fourth-order valence-corrected chi connectivity index (χ4v) is 2.82. The van der Waals surface area contributed by atoms with Crippen molar-refractivity contribution in [3.05, 3.63) is 29.3 Å². The van der Waals surface area contributed by atoms with Crippen LogP contribution < -0.4 is 4.74 Å². The summed E-state index contributed by atoms with van der Waals surface area (Å²) in [4.78, 5) is 14.1. The standard InChI is InChI=1S/C17H25NO3/c1-13-5-3-7-16(14(13)2)21-12-17(20)18-9-4-6-15(11-18)8-10-19/h3,5,7,15,19H,4,6,8-12H2,1-2H3. The third kappa shape index (κ3) is 4.21. The van der Waals surface area contributed by atoms with E-state index < -0.39 is 0 Å². The minimum absolute atomic E-state index is 0.0403. The predicted molar refractivity (Wildman–Crippen MR) is 82.4 cm³/mol. The largest absolute Gasteiger partial charge is 0.483 e. The second-order valence-corrected chi connectivity index (χ2v) is 5.85. The van der Waals surface area contributed by atoms with E-state index in [2.05, 4.69) is 0 Å². The Bertz CT molecular complexity index is 485. The number of aliphatic hydroxyl groups excluding tert-OH is 1. The molecule has 0 bridgehead atoms. The van der Waals surface area contributed by atoms with Crippen LogP contribution in [0, 0.1) is 19.8 Å². The first-order chi connectivity index (χ1) is 10.1. The van der Waals surface area contributed by atoms with Crippen molar-refractivity contribution in [2.24, 2.45) is 5.92 Å². The molecule has 1 aromatic carbocycles. The molecule has 1 aliphatic rings. The van der Waals surface area contributed by atoms with Gasteiger partial charge in [-0.15, -0.1) is 0 Å². The van der Waals surface area contributed by atoms with E-state index in [9.17, 15) is 4.79 Å². The quantitative estimate of drug-likeness (QED) is 0.905. The highest BCUT2D eigenvalue weighted by molar-refractivity contribution is 5.78. The van der Waals surface area contributed by atoms with Gasteiger partial charge in [0.2, 0.25) is 0 Å². The van der Waals surface area contributed by atoms with Crippen LogP contribution in [0.2, 0.25) is 0 Å². The summed E-state index contributed by atoms with van der Waals surface area (Å²) in [5.41, 5.74) is 2.25. The third-order valence-corrected chi connectivity index (χ3v) is 4.32. The molecule has 4 nitrogen and oxygen atoms in total. The van der Waals surface area contributed by atoms with Crippen molar-refractivity contribution in [3.8, 4) is 5.75 Å². The topological polar surface area (TPSA) is 49.8 Å². The van der Waals surface area contributed by atoms with E-state index in [0.717, 1.165) is 43.7 Å². The van der Waals surface area contributed by atoms with E-state index in [1.54, 1.807) is 0 Å². The second kappa shape index (κ2) is 7.46. The highest BCUT2D eigenvalue weighted by Crippen LogP contribution is 2.22. The van der Waals surface area contributed by atoms with Gasteiger partial charge in [0.05, 0.1) is 0 Å². The van der Waals surface area contributed by atoms with Crippen molar-refractivity contribution >= 4 is 5.91 Å². The smallest absolute Gasteiger partial charge is 0.260 e. The van der Waals surface area contributed by atoms with Crippen LogP contribution >= 0.6 is 0 Å². The van der Waals surface area contributed by atoms with Gasteiger partial charge in [-0.2, -0.15) is 0 Å². The molecule has 1 N–H and O–H groups in total. The zero-order chi connectivity index (χ0) is 15.2. The minimum atomic E-state index is 0.0403. The minimum Gasteiger partial charge on any atom is -0.483 e. The van der Waals surface area contributed by atoms with Gasteiger partial charge in [0.1, 0.15) is 5.75 Å². The molecule has 4 heteroatoms.